The monoisotopic (exact) mass is 245 g/mol. The molecule has 0 aliphatic rings. The number of hydrogen-bond acceptors (Lipinski definition) is 4. The van der Waals surface area contributed by atoms with Gasteiger partial charge in [0.1, 0.15) is 12.4 Å². The Balaban J connectivity index is 2.14. The van der Waals surface area contributed by atoms with Crippen LogP contribution in [0.1, 0.15) is 18.1 Å². The first-order valence-electron chi connectivity index (χ1n) is 5.59. The van der Waals surface area contributed by atoms with Crippen LogP contribution in [0.5, 0.6) is 5.75 Å². The molecule has 0 spiro atoms. The third-order valence-corrected chi connectivity index (χ3v) is 2.58. The van der Waals surface area contributed by atoms with E-state index in [0.29, 0.717) is 18.1 Å². The molecule has 0 unspecified atom stereocenters. The van der Waals surface area contributed by atoms with E-state index in [1.165, 1.54) is 0 Å². The first-order chi connectivity index (χ1) is 8.70. The Morgan fingerprint density at radius 1 is 1.44 bits per heavy atom. The summed E-state index contributed by atoms with van der Waals surface area (Å²) in [5.41, 5.74) is 2.30. The SMILES string of the molecule is C/C(=N\O)c1ccccc1OCc1cnn(C)c1. The van der Waals surface area contributed by atoms with E-state index in [-0.39, 0.29) is 0 Å². The van der Waals surface area contributed by atoms with Crippen LogP contribution in [0.4, 0.5) is 0 Å². The summed E-state index contributed by atoms with van der Waals surface area (Å²) in [6, 6.07) is 7.46. The summed E-state index contributed by atoms with van der Waals surface area (Å²) in [5.74, 6) is 0.691. The number of oxime groups is 1. The van der Waals surface area contributed by atoms with Crippen molar-refractivity contribution in [2.24, 2.45) is 12.2 Å². The van der Waals surface area contributed by atoms with Gasteiger partial charge in [-0.15, -0.1) is 0 Å². The summed E-state index contributed by atoms with van der Waals surface area (Å²) in [6.07, 6.45) is 3.66. The van der Waals surface area contributed by atoms with Crippen LogP contribution in [-0.2, 0) is 13.7 Å². The number of benzene rings is 1. The molecule has 0 aliphatic heterocycles. The molecule has 18 heavy (non-hydrogen) atoms. The van der Waals surface area contributed by atoms with Crippen molar-refractivity contribution < 1.29 is 9.94 Å². The molecule has 0 bridgehead atoms. The van der Waals surface area contributed by atoms with Crippen molar-refractivity contribution >= 4 is 5.71 Å². The standard InChI is InChI=1S/C13H15N3O2/c1-10(15-17)12-5-3-4-6-13(12)18-9-11-7-14-16(2)8-11/h3-8,17H,9H2,1-2H3/b15-10+. The van der Waals surface area contributed by atoms with E-state index in [0.717, 1.165) is 11.1 Å². The molecule has 0 saturated heterocycles. The largest absolute Gasteiger partial charge is 0.488 e. The number of aromatic nitrogens is 2. The smallest absolute Gasteiger partial charge is 0.128 e. The predicted molar refractivity (Wildman–Crippen MR) is 68.0 cm³/mol. The van der Waals surface area contributed by atoms with Crippen molar-refractivity contribution in [3.8, 4) is 5.75 Å². The molecule has 1 aromatic carbocycles. The summed E-state index contributed by atoms with van der Waals surface area (Å²) in [6.45, 7) is 2.16. The number of rotatable bonds is 4. The number of hydrogen-bond donors (Lipinski definition) is 1. The van der Waals surface area contributed by atoms with Gasteiger partial charge in [0.25, 0.3) is 0 Å². The average molecular weight is 245 g/mol. The first-order valence-corrected chi connectivity index (χ1v) is 5.59. The molecular weight excluding hydrogens is 230 g/mol. The minimum Gasteiger partial charge on any atom is -0.488 e. The van der Waals surface area contributed by atoms with Crippen LogP contribution in [0, 0.1) is 0 Å². The molecule has 2 rings (SSSR count). The highest BCUT2D eigenvalue weighted by molar-refractivity contribution is 6.00. The Hall–Kier alpha value is -2.30. The maximum absolute atomic E-state index is 8.82. The molecule has 94 valence electrons. The fraction of sp³-hybridized carbons (Fsp3) is 0.231. The maximum Gasteiger partial charge on any atom is 0.128 e. The van der Waals surface area contributed by atoms with Gasteiger partial charge in [0.15, 0.2) is 0 Å². The van der Waals surface area contributed by atoms with Crippen molar-refractivity contribution in [1.29, 1.82) is 0 Å². The quantitative estimate of drug-likeness (QED) is 0.510. The Morgan fingerprint density at radius 2 is 2.22 bits per heavy atom. The van der Waals surface area contributed by atoms with E-state index in [2.05, 4.69) is 10.3 Å². The van der Waals surface area contributed by atoms with Crippen LogP contribution in [0.15, 0.2) is 41.8 Å². The van der Waals surface area contributed by atoms with Gasteiger partial charge in [-0.05, 0) is 19.1 Å². The second kappa shape index (κ2) is 5.35. The fourth-order valence-electron chi connectivity index (χ4n) is 1.65. The second-order valence-electron chi connectivity index (χ2n) is 3.99. The molecule has 1 heterocycles. The highest BCUT2D eigenvalue weighted by Gasteiger charge is 2.07. The second-order valence-corrected chi connectivity index (χ2v) is 3.99. The number of nitrogens with zero attached hydrogens (tertiary/aromatic N) is 3. The Bertz CT molecular complexity index is 561. The first kappa shape index (κ1) is 12.2. The summed E-state index contributed by atoms with van der Waals surface area (Å²) >= 11 is 0. The topological polar surface area (TPSA) is 59.6 Å². The van der Waals surface area contributed by atoms with Crippen molar-refractivity contribution in [2.45, 2.75) is 13.5 Å². The Labute approximate surface area is 105 Å². The van der Waals surface area contributed by atoms with Crippen LogP contribution in [0.3, 0.4) is 0 Å². The van der Waals surface area contributed by atoms with E-state index in [1.807, 2.05) is 37.5 Å². The van der Waals surface area contributed by atoms with Crippen molar-refractivity contribution in [3.05, 3.63) is 47.8 Å². The third-order valence-electron chi connectivity index (χ3n) is 2.58. The highest BCUT2D eigenvalue weighted by atomic mass is 16.5. The zero-order chi connectivity index (χ0) is 13.0. The normalized spacial score (nSPS) is 11.6. The van der Waals surface area contributed by atoms with Gasteiger partial charge < -0.3 is 9.94 Å². The molecule has 0 atom stereocenters. The molecule has 5 nitrogen and oxygen atoms in total. The van der Waals surface area contributed by atoms with Gasteiger partial charge in [0.2, 0.25) is 0 Å². The van der Waals surface area contributed by atoms with E-state index < -0.39 is 0 Å². The van der Waals surface area contributed by atoms with Gasteiger partial charge in [-0.25, -0.2) is 0 Å². The molecule has 2 aromatic rings. The molecule has 1 N–H and O–H groups in total. The zero-order valence-corrected chi connectivity index (χ0v) is 10.4. The molecule has 0 saturated carbocycles. The summed E-state index contributed by atoms with van der Waals surface area (Å²) in [7, 11) is 1.86. The van der Waals surface area contributed by atoms with E-state index in [4.69, 9.17) is 9.94 Å². The van der Waals surface area contributed by atoms with Gasteiger partial charge in [0.05, 0.1) is 11.9 Å². The van der Waals surface area contributed by atoms with Crippen LogP contribution in [-0.4, -0.2) is 20.7 Å². The van der Waals surface area contributed by atoms with Crippen LogP contribution < -0.4 is 4.74 Å². The number of ether oxygens (including phenoxy) is 1. The fourth-order valence-corrected chi connectivity index (χ4v) is 1.65. The summed E-state index contributed by atoms with van der Waals surface area (Å²) in [5, 5.41) is 16.1. The highest BCUT2D eigenvalue weighted by Crippen LogP contribution is 2.20. The molecule has 5 heteroatoms. The van der Waals surface area contributed by atoms with Gasteiger partial charge in [-0.1, -0.05) is 17.3 Å². The van der Waals surface area contributed by atoms with Gasteiger partial charge in [-0.3, -0.25) is 4.68 Å². The molecule has 0 fully saturated rings. The molecule has 0 amide bonds. The van der Waals surface area contributed by atoms with E-state index in [9.17, 15) is 0 Å². The number of para-hydroxylation sites is 1. The number of aryl methyl sites for hydroxylation is 1. The lowest BCUT2D eigenvalue weighted by atomic mass is 10.1. The van der Waals surface area contributed by atoms with Gasteiger partial charge in [-0.2, -0.15) is 5.10 Å². The zero-order valence-electron chi connectivity index (χ0n) is 10.4. The Morgan fingerprint density at radius 3 is 2.89 bits per heavy atom. The lowest BCUT2D eigenvalue weighted by Gasteiger charge is -2.09. The predicted octanol–water partition coefficient (Wildman–Crippen LogP) is 2.20. The third kappa shape index (κ3) is 2.68. The molecular formula is C13H15N3O2. The minimum absolute atomic E-state index is 0.434. The van der Waals surface area contributed by atoms with Crippen molar-refractivity contribution in [2.75, 3.05) is 0 Å². The van der Waals surface area contributed by atoms with Gasteiger partial charge in [0, 0.05) is 24.4 Å². The van der Waals surface area contributed by atoms with Crippen LogP contribution in [0.2, 0.25) is 0 Å². The molecule has 0 radical (unpaired) electrons. The van der Waals surface area contributed by atoms with Crippen molar-refractivity contribution in [1.82, 2.24) is 9.78 Å². The maximum atomic E-state index is 8.82. The van der Waals surface area contributed by atoms with Gasteiger partial charge >= 0.3 is 0 Å². The van der Waals surface area contributed by atoms with E-state index in [1.54, 1.807) is 17.8 Å². The van der Waals surface area contributed by atoms with Crippen LogP contribution in [0.25, 0.3) is 0 Å². The lowest BCUT2D eigenvalue weighted by molar-refractivity contribution is 0.303. The molecule has 0 aliphatic carbocycles. The minimum atomic E-state index is 0.434. The Kier molecular flexibility index (Phi) is 3.62. The lowest BCUT2D eigenvalue weighted by Crippen LogP contribution is -2.02. The average Bonchev–Trinajstić information content (AvgIpc) is 2.81. The summed E-state index contributed by atoms with van der Waals surface area (Å²) < 4.78 is 7.44. The van der Waals surface area contributed by atoms with Crippen molar-refractivity contribution in [3.63, 3.8) is 0 Å². The van der Waals surface area contributed by atoms with Crippen LogP contribution >= 0.6 is 0 Å². The summed E-state index contributed by atoms with van der Waals surface area (Å²) in [4.78, 5) is 0. The molecule has 1 aromatic heterocycles. The van der Waals surface area contributed by atoms with E-state index >= 15 is 0 Å².